The summed E-state index contributed by atoms with van der Waals surface area (Å²) in [6, 6.07) is 13.3. The maximum Gasteiger partial charge on any atom is 0.258 e. The Labute approximate surface area is 157 Å². The number of carbonyl (C=O) groups is 1. The van der Waals surface area contributed by atoms with E-state index in [9.17, 15) is 4.79 Å². The zero-order chi connectivity index (χ0) is 18.5. The van der Waals surface area contributed by atoms with Crippen molar-refractivity contribution < 1.29 is 14.3 Å². The molecule has 0 saturated carbocycles. The minimum absolute atomic E-state index is 0.0703. The summed E-state index contributed by atoms with van der Waals surface area (Å²) in [4.78, 5) is 16.3. The fraction of sp³-hybridized carbons (Fsp3) is 0.250. The van der Waals surface area contributed by atoms with Gasteiger partial charge in [0.15, 0.2) is 0 Å². The van der Waals surface area contributed by atoms with Crippen LogP contribution in [0.3, 0.4) is 0 Å². The highest BCUT2D eigenvalue weighted by Crippen LogP contribution is 2.27. The summed E-state index contributed by atoms with van der Waals surface area (Å²) in [7, 11) is 5.14. The van der Waals surface area contributed by atoms with Gasteiger partial charge in [-0.05, 0) is 35.7 Å². The maximum atomic E-state index is 13.3. The van der Waals surface area contributed by atoms with Crippen LogP contribution in [0.2, 0.25) is 0 Å². The molecule has 0 N–H and O–H groups in total. The number of carbonyl (C=O) groups excluding carboxylic acids is 1. The van der Waals surface area contributed by atoms with Gasteiger partial charge in [-0.25, -0.2) is 0 Å². The lowest BCUT2D eigenvalue weighted by molar-refractivity contribution is 0.0725. The first kappa shape index (κ1) is 18.1. The van der Waals surface area contributed by atoms with Crippen LogP contribution < -0.4 is 9.47 Å². The summed E-state index contributed by atoms with van der Waals surface area (Å²) in [5.41, 5.74) is 1.60. The third kappa shape index (κ3) is 3.91. The minimum atomic E-state index is -0.0703. The number of methoxy groups -OCH3 is 2. The van der Waals surface area contributed by atoms with E-state index >= 15 is 0 Å². The van der Waals surface area contributed by atoms with Gasteiger partial charge in [0.2, 0.25) is 0 Å². The Kier molecular flexibility index (Phi) is 5.63. The van der Waals surface area contributed by atoms with Crippen LogP contribution in [0.1, 0.15) is 20.9 Å². The second-order valence-electron chi connectivity index (χ2n) is 5.92. The molecule has 0 aliphatic rings. The Morgan fingerprint density at radius 3 is 2.58 bits per heavy atom. The fourth-order valence-corrected chi connectivity index (χ4v) is 3.51. The van der Waals surface area contributed by atoms with E-state index in [1.54, 1.807) is 43.8 Å². The van der Waals surface area contributed by atoms with Crippen LogP contribution in [0.15, 0.2) is 54.0 Å². The molecular formula is C20H22N2O3S. The van der Waals surface area contributed by atoms with Gasteiger partial charge in [0, 0.05) is 29.9 Å². The largest absolute Gasteiger partial charge is 0.497 e. The smallest absolute Gasteiger partial charge is 0.258 e. The van der Waals surface area contributed by atoms with Gasteiger partial charge < -0.3 is 18.9 Å². The first-order valence-electron chi connectivity index (χ1n) is 8.26. The highest BCUT2D eigenvalue weighted by atomic mass is 32.1. The van der Waals surface area contributed by atoms with Crippen molar-refractivity contribution >= 4 is 17.2 Å². The fourth-order valence-electron chi connectivity index (χ4n) is 2.79. The number of aryl methyl sites for hydroxylation is 1. The summed E-state index contributed by atoms with van der Waals surface area (Å²) in [5, 5.41) is 2.02. The van der Waals surface area contributed by atoms with E-state index in [1.165, 1.54) is 0 Å². The van der Waals surface area contributed by atoms with Crippen molar-refractivity contribution in [2.45, 2.75) is 13.1 Å². The molecule has 2 heterocycles. The molecule has 5 nitrogen and oxygen atoms in total. The molecule has 136 valence electrons. The second kappa shape index (κ2) is 8.10. The van der Waals surface area contributed by atoms with Crippen molar-refractivity contribution in [2.24, 2.45) is 7.05 Å². The Hall–Kier alpha value is -2.73. The topological polar surface area (TPSA) is 43.7 Å². The van der Waals surface area contributed by atoms with E-state index in [2.05, 4.69) is 0 Å². The van der Waals surface area contributed by atoms with Crippen LogP contribution in [-0.2, 0) is 20.1 Å². The number of hydrogen-bond acceptors (Lipinski definition) is 4. The highest BCUT2D eigenvalue weighted by Gasteiger charge is 2.22. The van der Waals surface area contributed by atoms with Crippen molar-refractivity contribution in [1.82, 2.24) is 9.47 Å². The van der Waals surface area contributed by atoms with Gasteiger partial charge in [0.05, 0.1) is 32.9 Å². The first-order chi connectivity index (χ1) is 12.6. The third-order valence-corrected chi connectivity index (χ3v) is 5.12. The van der Waals surface area contributed by atoms with Gasteiger partial charge in [-0.1, -0.05) is 6.07 Å². The number of ether oxygens (including phenoxy) is 2. The lowest BCUT2D eigenvalue weighted by Crippen LogP contribution is -2.30. The Morgan fingerprint density at radius 2 is 1.96 bits per heavy atom. The van der Waals surface area contributed by atoms with E-state index in [-0.39, 0.29) is 5.91 Å². The van der Waals surface area contributed by atoms with Crippen molar-refractivity contribution in [3.05, 3.63) is 70.2 Å². The van der Waals surface area contributed by atoms with Crippen LogP contribution >= 0.6 is 11.3 Å². The molecule has 0 saturated heterocycles. The van der Waals surface area contributed by atoms with Crippen LogP contribution in [0.5, 0.6) is 11.5 Å². The third-order valence-electron chi connectivity index (χ3n) is 4.26. The molecule has 1 amide bonds. The number of rotatable bonds is 7. The van der Waals surface area contributed by atoms with Crippen LogP contribution in [0.25, 0.3) is 0 Å². The lowest BCUT2D eigenvalue weighted by atomic mass is 10.1. The predicted octanol–water partition coefficient (Wildman–Crippen LogP) is 3.95. The zero-order valence-corrected chi connectivity index (χ0v) is 16.0. The number of thiophene rings is 1. The number of nitrogens with zero attached hydrogens (tertiary/aromatic N) is 2. The molecule has 3 rings (SSSR count). The molecule has 0 radical (unpaired) electrons. The molecule has 0 atom stereocenters. The van der Waals surface area contributed by atoms with Gasteiger partial charge in [-0.2, -0.15) is 0 Å². The van der Waals surface area contributed by atoms with Crippen LogP contribution in [0, 0.1) is 0 Å². The molecule has 0 spiro atoms. The van der Waals surface area contributed by atoms with Gasteiger partial charge in [0.1, 0.15) is 11.5 Å². The van der Waals surface area contributed by atoms with E-state index in [1.807, 2.05) is 52.4 Å². The number of aromatic nitrogens is 1. The Morgan fingerprint density at radius 1 is 1.12 bits per heavy atom. The molecule has 0 unspecified atom stereocenters. The molecule has 0 fully saturated rings. The highest BCUT2D eigenvalue weighted by molar-refractivity contribution is 7.09. The van der Waals surface area contributed by atoms with E-state index < -0.39 is 0 Å². The van der Waals surface area contributed by atoms with Crippen molar-refractivity contribution in [3.8, 4) is 11.5 Å². The average Bonchev–Trinajstić information content (AvgIpc) is 3.32. The molecule has 0 aliphatic carbocycles. The molecule has 1 aromatic carbocycles. The summed E-state index contributed by atoms with van der Waals surface area (Å²) in [6.45, 7) is 1.08. The molecule has 6 heteroatoms. The normalized spacial score (nSPS) is 10.6. The van der Waals surface area contributed by atoms with Crippen LogP contribution in [-0.4, -0.2) is 29.6 Å². The van der Waals surface area contributed by atoms with Crippen molar-refractivity contribution in [2.75, 3.05) is 14.2 Å². The average molecular weight is 370 g/mol. The van der Waals surface area contributed by atoms with Gasteiger partial charge in [-0.3, -0.25) is 4.79 Å². The van der Waals surface area contributed by atoms with Crippen molar-refractivity contribution in [1.29, 1.82) is 0 Å². The molecule has 0 bridgehead atoms. The van der Waals surface area contributed by atoms with E-state index in [4.69, 9.17) is 9.47 Å². The van der Waals surface area contributed by atoms with Gasteiger partial charge >= 0.3 is 0 Å². The molecule has 3 aromatic rings. The second-order valence-corrected chi connectivity index (χ2v) is 6.95. The number of benzene rings is 1. The maximum absolute atomic E-state index is 13.3. The number of hydrogen-bond donors (Lipinski definition) is 0. The minimum Gasteiger partial charge on any atom is -0.497 e. The molecular weight excluding hydrogens is 348 g/mol. The quantitative estimate of drug-likeness (QED) is 0.633. The number of amides is 1. The first-order valence-corrected chi connectivity index (χ1v) is 9.14. The van der Waals surface area contributed by atoms with E-state index in [0.717, 1.165) is 10.6 Å². The summed E-state index contributed by atoms with van der Waals surface area (Å²) >= 11 is 1.64. The van der Waals surface area contributed by atoms with Gasteiger partial charge in [-0.15, -0.1) is 11.3 Å². The van der Waals surface area contributed by atoms with Crippen LogP contribution in [0.4, 0.5) is 0 Å². The monoisotopic (exact) mass is 370 g/mol. The molecule has 0 aliphatic heterocycles. The van der Waals surface area contributed by atoms with Crippen molar-refractivity contribution in [3.63, 3.8) is 0 Å². The standard InChI is InChI=1S/C20H22N2O3S/c1-21-10-4-6-15(21)13-22(14-17-7-5-11-26-17)20(23)18-9-8-16(24-2)12-19(18)25-3/h4-12H,13-14H2,1-3H3. The predicted molar refractivity (Wildman–Crippen MR) is 103 cm³/mol. The molecule has 2 aromatic heterocycles. The summed E-state index contributed by atoms with van der Waals surface area (Å²) in [5.74, 6) is 1.10. The SMILES string of the molecule is COc1ccc(C(=O)N(Cc2cccs2)Cc2cccn2C)c(OC)c1. The lowest BCUT2D eigenvalue weighted by Gasteiger charge is -2.23. The Balaban J connectivity index is 1.92. The Bertz CT molecular complexity index is 871. The summed E-state index contributed by atoms with van der Waals surface area (Å²) in [6.07, 6.45) is 1.98. The zero-order valence-electron chi connectivity index (χ0n) is 15.1. The van der Waals surface area contributed by atoms with Gasteiger partial charge in [0.25, 0.3) is 5.91 Å². The summed E-state index contributed by atoms with van der Waals surface area (Å²) < 4.78 is 12.7. The van der Waals surface area contributed by atoms with E-state index in [0.29, 0.717) is 30.2 Å². The molecule has 26 heavy (non-hydrogen) atoms.